The molecule has 3 N–H and O–H groups in total. The van der Waals surface area contributed by atoms with Gasteiger partial charge in [-0.3, -0.25) is 14.9 Å². The maximum absolute atomic E-state index is 12.5. The molecule has 1 aromatic carbocycles. The number of pyridine rings is 1. The van der Waals surface area contributed by atoms with Gasteiger partial charge < -0.3 is 20.5 Å². The summed E-state index contributed by atoms with van der Waals surface area (Å²) in [6.45, 7) is 1.25. The van der Waals surface area contributed by atoms with Gasteiger partial charge in [-0.2, -0.15) is 0 Å². The number of benzene rings is 1. The van der Waals surface area contributed by atoms with Gasteiger partial charge in [-0.15, -0.1) is 0 Å². The number of anilines is 2. The molecular formula is C17H17ClN4O6. The van der Waals surface area contributed by atoms with Crippen molar-refractivity contribution in [3.05, 3.63) is 57.4 Å². The molecule has 1 amide bonds. The minimum absolute atomic E-state index is 0.0727. The molecule has 0 aliphatic carbocycles. The Balaban J connectivity index is 2.15. The van der Waals surface area contributed by atoms with Gasteiger partial charge in [-0.25, -0.2) is 9.78 Å². The molecule has 1 atom stereocenters. The third kappa shape index (κ3) is 5.38. The fourth-order valence-corrected chi connectivity index (χ4v) is 2.32. The number of aliphatic hydroxyl groups is 1. The predicted octanol–water partition coefficient (Wildman–Crippen LogP) is 2.23. The Morgan fingerprint density at radius 1 is 1.36 bits per heavy atom. The van der Waals surface area contributed by atoms with Crippen LogP contribution in [0.15, 0.2) is 36.5 Å². The molecule has 0 bridgehead atoms. The third-order valence-electron chi connectivity index (χ3n) is 3.53. The number of carbonyl (C=O) groups is 2. The first-order chi connectivity index (χ1) is 13.3. The Bertz CT molecular complexity index is 892. The summed E-state index contributed by atoms with van der Waals surface area (Å²) in [5.74, 6) is -1.59. The molecule has 0 aliphatic heterocycles. The normalized spacial score (nSPS) is 11.4. The second-order valence-corrected chi connectivity index (χ2v) is 5.87. The Labute approximate surface area is 164 Å². The van der Waals surface area contributed by atoms with Crippen LogP contribution in [0, 0.1) is 10.1 Å². The van der Waals surface area contributed by atoms with Crippen LogP contribution in [0.5, 0.6) is 0 Å². The van der Waals surface area contributed by atoms with E-state index in [1.165, 1.54) is 31.3 Å². The molecule has 11 heteroatoms. The molecule has 148 valence electrons. The van der Waals surface area contributed by atoms with Crippen LogP contribution >= 0.6 is 11.6 Å². The van der Waals surface area contributed by atoms with E-state index >= 15 is 0 Å². The summed E-state index contributed by atoms with van der Waals surface area (Å²) in [4.78, 5) is 38.8. The van der Waals surface area contributed by atoms with Gasteiger partial charge >= 0.3 is 5.97 Å². The van der Waals surface area contributed by atoms with Crippen molar-refractivity contribution in [1.29, 1.82) is 0 Å². The van der Waals surface area contributed by atoms with Crippen LogP contribution in [-0.4, -0.2) is 46.1 Å². The highest BCUT2D eigenvalue weighted by atomic mass is 35.5. The lowest BCUT2D eigenvalue weighted by Gasteiger charge is -2.16. The summed E-state index contributed by atoms with van der Waals surface area (Å²) in [5, 5.41) is 25.2. The number of hydrogen-bond donors (Lipinski definition) is 3. The quantitative estimate of drug-likeness (QED) is 0.261. The molecule has 1 heterocycles. The molecule has 0 unspecified atom stereocenters. The molecule has 0 saturated heterocycles. The summed E-state index contributed by atoms with van der Waals surface area (Å²) in [5.41, 5.74) is 0.0210. The van der Waals surface area contributed by atoms with Gasteiger partial charge in [0.2, 0.25) is 0 Å². The number of non-ortho nitro benzene ring substituents is 1. The maximum Gasteiger partial charge on any atom is 0.341 e. The first-order valence-corrected chi connectivity index (χ1v) is 8.46. The summed E-state index contributed by atoms with van der Waals surface area (Å²) in [7, 11) is 0. The van der Waals surface area contributed by atoms with Crippen LogP contribution in [0.1, 0.15) is 17.3 Å². The Hall–Kier alpha value is -3.24. The van der Waals surface area contributed by atoms with E-state index in [0.29, 0.717) is 0 Å². The van der Waals surface area contributed by atoms with E-state index in [1.807, 2.05) is 0 Å². The number of nitrogens with zero attached hydrogens (tertiary/aromatic N) is 2. The fraction of sp³-hybridized carbons (Fsp3) is 0.235. The van der Waals surface area contributed by atoms with Gasteiger partial charge in [0.1, 0.15) is 0 Å². The molecule has 0 radical (unpaired) electrons. The number of hydrogen-bond acceptors (Lipinski definition) is 8. The molecule has 0 aliphatic rings. The van der Waals surface area contributed by atoms with Gasteiger partial charge in [0.25, 0.3) is 11.6 Å². The number of nitro benzene ring substituents is 1. The standard InChI is InChI=1S/C17H17ClN4O6/c1-10(16(24)21-14-3-2-6-20-15(14)18)28-17(25)12-9-11(22(26)27)4-5-13(12)19-7-8-23/h2-6,9-10,19,23H,7-8H2,1H3,(H,21,24)/t10-/m1/s1. The summed E-state index contributed by atoms with van der Waals surface area (Å²) in [6, 6.07) is 6.66. The van der Waals surface area contributed by atoms with Crippen molar-refractivity contribution in [2.45, 2.75) is 13.0 Å². The number of carbonyl (C=O) groups excluding carboxylic acids is 2. The highest BCUT2D eigenvalue weighted by Gasteiger charge is 2.23. The highest BCUT2D eigenvalue weighted by Crippen LogP contribution is 2.24. The molecule has 0 fully saturated rings. The lowest BCUT2D eigenvalue weighted by Crippen LogP contribution is -2.30. The lowest BCUT2D eigenvalue weighted by atomic mass is 10.1. The van der Waals surface area contributed by atoms with Gasteiger partial charge in [-0.05, 0) is 25.1 Å². The van der Waals surface area contributed by atoms with Crippen LogP contribution in [0.2, 0.25) is 5.15 Å². The molecule has 0 saturated carbocycles. The molecule has 1 aromatic heterocycles. The number of halogens is 1. The zero-order chi connectivity index (χ0) is 20.7. The van der Waals surface area contributed by atoms with Gasteiger partial charge in [0.05, 0.1) is 22.8 Å². The summed E-state index contributed by atoms with van der Waals surface area (Å²) in [6.07, 6.45) is 0.235. The van der Waals surface area contributed by atoms with E-state index in [9.17, 15) is 19.7 Å². The average molecular weight is 409 g/mol. The number of rotatable bonds is 8. The van der Waals surface area contributed by atoms with E-state index in [0.717, 1.165) is 6.07 Å². The van der Waals surface area contributed by atoms with E-state index < -0.39 is 22.9 Å². The molecular weight excluding hydrogens is 392 g/mol. The zero-order valence-electron chi connectivity index (χ0n) is 14.7. The van der Waals surface area contributed by atoms with Crippen LogP contribution in [0.25, 0.3) is 0 Å². The second-order valence-electron chi connectivity index (χ2n) is 5.52. The topological polar surface area (TPSA) is 144 Å². The van der Waals surface area contributed by atoms with Crippen LogP contribution in [0.4, 0.5) is 17.1 Å². The van der Waals surface area contributed by atoms with Crippen LogP contribution in [-0.2, 0) is 9.53 Å². The van der Waals surface area contributed by atoms with Crippen molar-refractivity contribution >= 4 is 40.5 Å². The number of nitrogens with one attached hydrogen (secondary N) is 2. The Kier molecular flexibility index (Phi) is 7.24. The number of nitro groups is 1. The molecule has 2 rings (SSSR count). The van der Waals surface area contributed by atoms with E-state index in [2.05, 4.69) is 15.6 Å². The second kappa shape index (κ2) is 9.62. The Morgan fingerprint density at radius 2 is 2.11 bits per heavy atom. The van der Waals surface area contributed by atoms with Crippen molar-refractivity contribution in [2.75, 3.05) is 23.8 Å². The Morgan fingerprint density at radius 3 is 2.75 bits per heavy atom. The van der Waals surface area contributed by atoms with E-state index in [-0.39, 0.29) is 40.9 Å². The molecule has 2 aromatic rings. The molecule has 28 heavy (non-hydrogen) atoms. The average Bonchev–Trinajstić information content (AvgIpc) is 2.67. The van der Waals surface area contributed by atoms with E-state index in [4.69, 9.17) is 21.4 Å². The van der Waals surface area contributed by atoms with Crippen LogP contribution < -0.4 is 10.6 Å². The smallest absolute Gasteiger partial charge is 0.341 e. The molecule has 0 spiro atoms. The van der Waals surface area contributed by atoms with Crippen molar-refractivity contribution in [3.63, 3.8) is 0 Å². The number of esters is 1. The van der Waals surface area contributed by atoms with Crippen molar-refractivity contribution in [2.24, 2.45) is 0 Å². The van der Waals surface area contributed by atoms with E-state index in [1.54, 1.807) is 6.07 Å². The highest BCUT2D eigenvalue weighted by molar-refractivity contribution is 6.32. The monoisotopic (exact) mass is 408 g/mol. The first kappa shape index (κ1) is 21.1. The third-order valence-corrected chi connectivity index (χ3v) is 3.83. The largest absolute Gasteiger partial charge is 0.449 e. The summed E-state index contributed by atoms with van der Waals surface area (Å²) < 4.78 is 5.13. The number of ether oxygens (including phenoxy) is 1. The van der Waals surface area contributed by atoms with Crippen molar-refractivity contribution < 1.29 is 24.4 Å². The maximum atomic E-state index is 12.5. The van der Waals surface area contributed by atoms with Crippen molar-refractivity contribution in [1.82, 2.24) is 4.98 Å². The van der Waals surface area contributed by atoms with Gasteiger partial charge in [0, 0.05) is 30.6 Å². The predicted molar refractivity (Wildman–Crippen MR) is 101 cm³/mol. The summed E-state index contributed by atoms with van der Waals surface area (Å²) >= 11 is 5.86. The fourth-order valence-electron chi connectivity index (χ4n) is 2.15. The first-order valence-electron chi connectivity index (χ1n) is 8.09. The van der Waals surface area contributed by atoms with Gasteiger partial charge in [0.15, 0.2) is 11.3 Å². The SMILES string of the molecule is C[C@@H](OC(=O)c1cc([N+](=O)[O-])ccc1NCCO)C(=O)Nc1cccnc1Cl. The lowest BCUT2D eigenvalue weighted by molar-refractivity contribution is -0.384. The number of aliphatic hydroxyl groups excluding tert-OH is 1. The van der Waals surface area contributed by atoms with Crippen molar-refractivity contribution in [3.8, 4) is 0 Å². The number of aromatic nitrogens is 1. The zero-order valence-corrected chi connectivity index (χ0v) is 15.5. The van der Waals surface area contributed by atoms with Crippen LogP contribution in [0.3, 0.4) is 0 Å². The number of amides is 1. The van der Waals surface area contributed by atoms with Gasteiger partial charge in [-0.1, -0.05) is 11.6 Å². The minimum Gasteiger partial charge on any atom is -0.449 e. The molecule has 10 nitrogen and oxygen atoms in total. The minimum atomic E-state index is -1.21.